The van der Waals surface area contributed by atoms with Crippen molar-refractivity contribution in [2.24, 2.45) is 0 Å². The second-order valence-electron chi connectivity index (χ2n) is 5.50. The zero-order valence-corrected chi connectivity index (χ0v) is 11.0. The number of hydrogen-bond acceptors (Lipinski definition) is 0. The average Bonchev–Trinajstić information content (AvgIpc) is 2.57. The lowest BCUT2D eigenvalue weighted by atomic mass is 10.1. The van der Waals surface area contributed by atoms with Gasteiger partial charge in [-0.15, -0.1) is 0 Å². The van der Waals surface area contributed by atoms with Gasteiger partial charge in [-0.25, -0.2) is 0 Å². The summed E-state index contributed by atoms with van der Waals surface area (Å²) in [6.45, 7) is 11.2. The van der Waals surface area contributed by atoms with Crippen molar-refractivity contribution in [3.63, 3.8) is 0 Å². The van der Waals surface area contributed by atoms with Gasteiger partial charge in [0.2, 0.25) is 0 Å². The van der Waals surface area contributed by atoms with Gasteiger partial charge in [0, 0.05) is 22.1 Å². The fourth-order valence-corrected chi connectivity index (χ4v) is 2.49. The van der Waals surface area contributed by atoms with Gasteiger partial charge in [0.05, 0.1) is 0 Å². The SMILES string of the molecule is CCc1cc2c(C)cccc2n1C(C)(C)C. The number of aromatic nitrogens is 1. The smallest absolute Gasteiger partial charge is 0.0490 e. The molecule has 0 spiro atoms. The maximum atomic E-state index is 2.47. The molecule has 1 heterocycles. The predicted molar refractivity (Wildman–Crippen MR) is 71.0 cm³/mol. The number of benzene rings is 1. The van der Waals surface area contributed by atoms with Crippen LogP contribution in [-0.2, 0) is 12.0 Å². The number of hydrogen-bond donors (Lipinski definition) is 0. The molecule has 0 atom stereocenters. The van der Waals surface area contributed by atoms with Crippen molar-refractivity contribution in [1.82, 2.24) is 4.57 Å². The molecule has 0 aliphatic rings. The minimum Gasteiger partial charge on any atom is -0.339 e. The van der Waals surface area contributed by atoms with E-state index in [2.05, 4.69) is 63.5 Å². The third-order valence-corrected chi connectivity index (χ3v) is 3.17. The summed E-state index contributed by atoms with van der Waals surface area (Å²) in [5.74, 6) is 0. The molecule has 0 unspecified atom stereocenters. The van der Waals surface area contributed by atoms with Crippen molar-refractivity contribution < 1.29 is 0 Å². The van der Waals surface area contributed by atoms with Gasteiger partial charge in [0.25, 0.3) is 0 Å². The quantitative estimate of drug-likeness (QED) is 0.669. The van der Waals surface area contributed by atoms with E-state index in [1.807, 2.05) is 0 Å². The molecule has 1 aromatic heterocycles. The molecule has 1 nitrogen and oxygen atoms in total. The molecule has 86 valence electrons. The van der Waals surface area contributed by atoms with Crippen molar-refractivity contribution >= 4 is 10.9 Å². The van der Waals surface area contributed by atoms with Gasteiger partial charge in [-0.05, 0) is 51.8 Å². The first-order valence-electron chi connectivity index (χ1n) is 6.05. The Labute approximate surface area is 98.1 Å². The van der Waals surface area contributed by atoms with Gasteiger partial charge in [-0.1, -0.05) is 19.1 Å². The standard InChI is InChI=1S/C15H21N/c1-6-12-10-13-11(2)8-7-9-14(13)16(12)15(3,4)5/h7-10H,6H2,1-5H3. The van der Waals surface area contributed by atoms with Crippen LogP contribution in [0.15, 0.2) is 24.3 Å². The Balaban J connectivity index is 2.84. The van der Waals surface area contributed by atoms with E-state index in [1.54, 1.807) is 0 Å². The second kappa shape index (κ2) is 3.65. The molecule has 0 radical (unpaired) electrons. The van der Waals surface area contributed by atoms with E-state index < -0.39 is 0 Å². The normalized spacial score (nSPS) is 12.3. The number of nitrogens with zero attached hydrogens (tertiary/aromatic N) is 1. The molecule has 2 rings (SSSR count). The summed E-state index contributed by atoms with van der Waals surface area (Å²) >= 11 is 0. The molecule has 0 saturated carbocycles. The Morgan fingerprint density at radius 1 is 1.19 bits per heavy atom. The maximum absolute atomic E-state index is 2.47. The summed E-state index contributed by atoms with van der Waals surface area (Å²) in [6.07, 6.45) is 1.09. The molecule has 0 amide bonds. The monoisotopic (exact) mass is 215 g/mol. The number of rotatable bonds is 1. The Morgan fingerprint density at radius 3 is 2.44 bits per heavy atom. The van der Waals surface area contributed by atoms with Crippen LogP contribution in [0.3, 0.4) is 0 Å². The lowest BCUT2D eigenvalue weighted by Crippen LogP contribution is -2.23. The predicted octanol–water partition coefficient (Wildman–Crippen LogP) is 4.27. The van der Waals surface area contributed by atoms with E-state index in [0.29, 0.717) is 0 Å². The maximum Gasteiger partial charge on any atom is 0.0490 e. The highest BCUT2D eigenvalue weighted by molar-refractivity contribution is 5.85. The zero-order chi connectivity index (χ0) is 11.9. The van der Waals surface area contributed by atoms with Crippen LogP contribution in [0.2, 0.25) is 0 Å². The summed E-state index contributed by atoms with van der Waals surface area (Å²) in [5, 5.41) is 1.40. The van der Waals surface area contributed by atoms with Crippen LogP contribution in [0.4, 0.5) is 0 Å². The van der Waals surface area contributed by atoms with Crippen LogP contribution < -0.4 is 0 Å². The van der Waals surface area contributed by atoms with E-state index in [0.717, 1.165) is 6.42 Å². The molecule has 1 aromatic carbocycles. The molecule has 16 heavy (non-hydrogen) atoms. The van der Waals surface area contributed by atoms with Crippen LogP contribution in [0.25, 0.3) is 10.9 Å². The number of aryl methyl sites for hydroxylation is 2. The molecule has 1 heteroatoms. The Hall–Kier alpha value is -1.24. The largest absolute Gasteiger partial charge is 0.339 e. The fraction of sp³-hybridized carbons (Fsp3) is 0.467. The highest BCUT2D eigenvalue weighted by atomic mass is 15.1. The first-order chi connectivity index (χ1) is 7.45. The average molecular weight is 215 g/mol. The van der Waals surface area contributed by atoms with Gasteiger partial charge >= 0.3 is 0 Å². The first kappa shape index (κ1) is 11.3. The first-order valence-corrected chi connectivity index (χ1v) is 6.05. The minimum absolute atomic E-state index is 0.154. The Morgan fingerprint density at radius 2 is 1.88 bits per heavy atom. The molecule has 0 saturated heterocycles. The Kier molecular flexibility index (Phi) is 2.57. The van der Waals surface area contributed by atoms with E-state index in [9.17, 15) is 0 Å². The van der Waals surface area contributed by atoms with Gasteiger partial charge in [0.1, 0.15) is 0 Å². The van der Waals surface area contributed by atoms with Gasteiger partial charge in [0.15, 0.2) is 0 Å². The van der Waals surface area contributed by atoms with Crippen LogP contribution in [-0.4, -0.2) is 4.57 Å². The van der Waals surface area contributed by atoms with Gasteiger partial charge in [-0.2, -0.15) is 0 Å². The van der Waals surface area contributed by atoms with E-state index >= 15 is 0 Å². The van der Waals surface area contributed by atoms with E-state index in [1.165, 1.54) is 22.2 Å². The lowest BCUT2D eigenvalue weighted by Gasteiger charge is -2.25. The zero-order valence-electron chi connectivity index (χ0n) is 11.0. The van der Waals surface area contributed by atoms with Crippen LogP contribution in [0.1, 0.15) is 39.0 Å². The molecular formula is C15H21N. The van der Waals surface area contributed by atoms with Crippen molar-refractivity contribution in [2.45, 2.75) is 46.6 Å². The summed E-state index contributed by atoms with van der Waals surface area (Å²) < 4.78 is 2.47. The molecular weight excluding hydrogens is 194 g/mol. The molecule has 0 aliphatic heterocycles. The summed E-state index contributed by atoms with van der Waals surface area (Å²) in [4.78, 5) is 0. The summed E-state index contributed by atoms with van der Waals surface area (Å²) in [7, 11) is 0. The topological polar surface area (TPSA) is 4.93 Å². The second-order valence-corrected chi connectivity index (χ2v) is 5.50. The fourth-order valence-electron chi connectivity index (χ4n) is 2.49. The third kappa shape index (κ3) is 1.64. The van der Waals surface area contributed by atoms with Crippen LogP contribution in [0.5, 0.6) is 0 Å². The van der Waals surface area contributed by atoms with Crippen molar-refractivity contribution in [3.8, 4) is 0 Å². The van der Waals surface area contributed by atoms with E-state index in [-0.39, 0.29) is 5.54 Å². The minimum atomic E-state index is 0.154. The van der Waals surface area contributed by atoms with Crippen molar-refractivity contribution in [2.75, 3.05) is 0 Å². The number of fused-ring (bicyclic) bond motifs is 1. The van der Waals surface area contributed by atoms with Crippen LogP contribution >= 0.6 is 0 Å². The molecule has 0 bridgehead atoms. The highest BCUT2D eigenvalue weighted by Gasteiger charge is 2.19. The molecule has 2 aromatic rings. The lowest BCUT2D eigenvalue weighted by molar-refractivity contribution is 0.399. The third-order valence-electron chi connectivity index (χ3n) is 3.17. The van der Waals surface area contributed by atoms with Crippen molar-refractivity contribution in [3.05, 3.63) is 35.5 Å². The molecule has 0 aliphatic carbocycles. The van der Waals surface area contributed by atoms with Crippen molar-refractivity contribution in [1.29, 1.82) is 0 Å². The highest BCUT2D eigenvalue weighted by Crippen LogP contribution is 2.29. The summed E-state index contributed by atoms with van der Waals surface area (Å²) in [5.41, 5.74) is 4.32. The van der Waals surface area contributed by atoms with Gasteiger partial charge < -0.3 is 4.57 Å². The Bertz CT molecular complexity index is 512. The van der Waals surface area contributed by atoms with E-state index in [4.69, 9.17) is 0 Å². The van der Waals surface area contributed by atoms with Crippen LogP contribution in [0, 0.1) is 6.92 Å². The van der Waals surface area contributed by atoms with Gasteiger partial charge in [-0.3, -0.25) is 0 Å². The molecule has 0 fully saturated rings. The molecule has 0 N–H and O–H groups in total. The summed E-state index contributed by atoms with van der Waals surface area (Å²) in [6, 6.07) is 8.91.